The summed E-state index contributed by atoms with van der Waals surface area (Å²) in [5, 5.41) is 3.41. The van der Waals surface area contributed by atoms with Crippen molar-refractivity contribution in [1.82, 2.24) is 19.7 Å². The van der Waals surface area contributed by atoms with Gasteiger partial charge in [0, 0.05) is 18.0 Å². The average Bonchev–Trinajstić information content (AvgIpc) is 3.07. The van der Waals surface area contributed by atoms with Crippen LogP contribution in [0, 0.1) is 5.82 Å². The lowest BCUT2D eigenvalue weighted by Crippen LogP contribution is -2.09. The van der Waals surface area contributed by atoms with Crippen LogP contribution in [-0.4, -0.2) is 41.5 Å². The van der Waals surface area contributed by atoms with Gasteiger partial charge in [-0.1, -0.05) is 0 Å². The molecule has 1 aromatic carbocycles. The highest BCUT2D eigenvalue weighted by molar-refractivity contribution is 7.90. The molecule has 0 aliphatic heterocycles. The van der Waals surface area contributed by atoms with Crippen molar-refractivity contribution in [2.75, 3.05) is 13.4 Å². The van der Waals surface area contributed by atoms with Crippen LogP contribution in [0.15, 0.2) is 41.4 Å². The van der Waals surface area contributed by atoms with E-state index in [1.165, 1.54) is 31.4 Å². The minimum absolute atomic E-state index is 0.00436. The minimum atomic E-state index is -4.85. The molecule has 12 heteroatoms. The van der Waals surface area contributed by atoms with Gasteiger partial charge in [-0.3, -0.25) is 0 Å². The third kappa shape index (κ3) is 3.81. The predicted octanol–water partition coefficient (Wildman–Crippen LogP) is 2.90. The number of hydrogen-bond donors (Lipinski definition) is 0. The SMILES string of the molecule is COc1ccc(-c2nc(C(F)(F)F)nn2-c2ccc(S(C)(=O)=O)cn2)cc1F. The van der Waals surface area contributed by atoms with Crippen LogP contribution in [-0.2, 0) is 16.0 Å². The maximum Gasteiger partial charge on any atom is 0.453 e. The Labute approximate surface area is 156 Å². The van der Waals surface area contributed by atoms with Crippen LogP contribution in [0.1, 0.15) is 5.82 Å². The first kappa shape index (κ1) is 19.7. The first-order valence-corrected chi connectivity index (χ1v) is 9.44. The van der Waals surface area contributed by atoms with Crippen molar-refractivity contribution in [2.45, 2.75) is 11.1 Å². The predicted molar refractivity (Wildman–Crippen MR) is 89.2 cm³/mol. The largest absolute Gasteiger partial charge is 0.494 e. The molecule has 0 aliphatic carbocycles. The number of ether oxygens (including phenoxy) is 1. The second-order valence-electron chi connectivity index (χ2n) is 5.64. The van der Waals surface area contributed by atoms with Gasteiger partial charge in [0.2, 0.25) is 0 Å². The van der Waals surface area contributed by atoms with Gasteiger partial charge < -0.3 is 4.74 Å². The van der Waals surface area contributed by atoms with E-state index in [2.05, 4.69) is 15.1 Å². The summed E-state index contributed by atoms with van der Waals surface area (Å²) in [7, 11) is -2.30. The summed E-state index contributed by atoms with van der Waals surface area (Å²) in [4.78, 5) is 7.18. The molecule has 0 bridgehead atoms. The van der Waals surface area contributed by atoms with Gasteiger partial charge in [-0.25, -0.2) is 22.8 Å². The first-order valence-electron chi connectivity index (χ1n) is 7.55. The highest BCUT2D eigenvalue weighted by atomic mass is 32.2. The maximum absolute atomic E-state index is 14.0. The molecule has 3 rings (SSSR count). The third-order valence-electron chi connectivity index (χ3n) is 3.64. The Bertz CT molecular complexity index is 1130. The summed E-state index contributed by atoms with van der Waals surface area (Å²) in [5.74, 6) is -2.80. The van der Waals surface area contributed by atoms with Gasteiger partial charge in [0.15, 0.2) is 33.0 Å². The van der Waals surface area contributed by atoms with E-state index in [0.717, 1.165) is 23.2 Å². The zero-order valence-corrected chi connectivity index (χ0v) is 15.2. The lowest BCUT2D eigenvalue weighted by molar-refractivity contribution is -0.144. The smallest absolute Gasteiger partial charge is 0.453 e. The molecule has 0 spiro atoms. The van der Waals surface area contributed by atoms with E-state index in [4.69, 9.17) is 4.74 Å². The van der Waals surface area contributed by atoms with Crippen LogP contribution in [0.25, 0.3) is 17.2 Å². The number of pyridine rings is 1. The lowest BCUT2D eigenvalue weighted by atomic mass is 10.2. The van der Waals surface area contributed by atoms with Gasteiger partial charge in [-0.2, -0.15) is 17.9 Å². The molecule has 0 aliphatic rings. The quantitative estimate of drug-likeness (QED) is 0.608. The van der Waals surface area contributed by atoms with Crippen molar-refractivity contribution in [3.63, 3.8) is 0 Å². The van der Waals surface area contributed by atoms with E-state index < -0.39 is 27.7 Å². The number of aromatic nitrogens is 4. The fourth-order valence-corrected chi connectivity index (χ4v) is 2.86. The zero-order valence-electron chi connectivity index (χ0n) is 14.4. The van der Waals surface area contributed by atoms with E-state index in [0.29, 0.717) is 0 Å². The highest BCUT2D eigenvalue weighted by Crippen LogP contribution is 2.31. The summed E-state index contributed by atoms with van der Waals surface area (Å²) in [6, 6.07) is 5.84. The molecule has 0 atom stereocenters. The van der Waals surface area contributed by atoms with Gasteiger partial charge in [0.05, 0.1) is 12.0 Å². The number of rotatable bonds is 4. The summed E-state index contributed by atoms with van der Waals surface area (Å²) in [5.41, 5.74) is -0.00436. The monoisotopic (exact) mass is 416 g/mol. The van der Waals surface area contributed by atoms with Crippen molar-refractivity contribution in [2.24, 2.45) is 0 Å². The van der Waals surface area contributed by atoms with Gasteiger partial charge in [-0.15, -0.1) is 5.10 Å². The normalized spacial score (nSPS) is 12.2. The summed E-state index contributed by atoms with van der Waals surface area (Å²) >= 11 is 0. The van der Waals surface area contributed by atoms with Crippen LogP contribution in [0.2, 0.25) is 0 Å². The number of sulfone groups is 1. The molecule has 0 unspecified atom stereocenters. The van der Waals surface area contributed by atoms with Crippen molar-refractivity contribution in [3.8, 4) is 23.0 Å². The van der Waals surface area contributed by atoms with Gasteiger partial charge in [0.1, 0.15) is 0 Å². The van der Waals surface area contributed by atoms with Crippen LogP contribution in [0.5, 0.6) is 5.75 Å². The molecular weight excluding hydrogens is 404 g/mol. The van der Waals surface area contributed by atoms with Gasteiger partial charge in [-0.05, 0) is 30.3 Å². The Balaban J connectivity index is 2.18. The number of benzene rings is 1. The van der Waals surface area contributed by atoms with Crippen LogP contribution in [0.4, 0.5) is 17.6 Å². The minimum Gasteiger partial charge on any atom is -0.494 e. The van der Waals surface area contributed by atoms with Crippen molar-refractivity contribution < 1.29 is 30.7 Å². The zero-order chi connectivity index (χ0) is 20.7. The number of halogens is 4. The fourth-order valence-electron chi connectivity index (χ4n) is 2.30. The van der Waals surface area contributed by atoms with Gasteiger partial charge >= 0.3 is 6.18 Å². The molecular formula is C16H12F4N4O3S. The van der Waals surface area contributed by atoms with E-state index >= 15 is 0 Å². The fraction of sp³-hybridized carbons (Fsp3) is 0.188. The topological polar surface area (TPSA) is 87.0 Å². The standard InChI is InChI=1S/C16H12F4N4O3S/c1-27-12-5-3-9(7-11(12)17)14-22-15(16(18,19)20)23-24(14)13-6-4-10(8-21-13)28(2,25)26/h3-8H,1-2H3. The molecule has 148 valence electrons. The summed E-state index contributed by atoms with van der Waals surface area (Å²) < 4.78 is 81.9. The van der Waals surface area contributed by atoms with Crippen LogP contribution < -0.4 is 4.74 Å². The molecule has 2 aromatic heterocycles. The molecule has 0 radical (unpaired) electrons. The number of nitrogens with zero attached hydrogens (tertiary/aromatic N) is 4. The lowest BCUT2D eigenvalue weighted by Gasteiger charge is -2.07. The third-order valence-corrected chi connectivity index (χ3v) is 4.73. The molecule has 0 amide bonds. The van der Waals surface area contributed by atoms with Gasteiger partial charge in [0.25, 0.3) is 5.82 Å². The maximum atomic E-state index is 14.0. The second kappa shape index (κ2) is 6.86. The Morgan fingerprint density at radius 2 is 1.86 bits per heavy atom. The van der Waals surface area contributed by atoms with Crippen molar-refractivity contribution >= 4 is 9.84 Å². The molecule has 0 saturated carbocycles. The van der Waals surface area contributed by atoms with E-state index in [1.54, 1.807) is 0 Å². The Morgan fingerprint density at radius 1 is 1.14 bits per heavy atom. The molecule has 7 nitrogen and oxygen atoms in total. The van der Waals surface area contributed by atoms with E-state index in [-0.39, 0.29) is 27.9 Å². The van der Waals surface area contributed by atoms with Crippen molar-refractivity contribution in [1.29, 1.82) is 0 Å². The number of methoxy groups -OCH3 is 1. The molecule has 0 fully saturated rings. The van der Waals surface area contributed by atoms with Crippen LogP contribution >= 0.6 is 0 Å². The molecule has 3 aromatic rings. The Kier molecular flexibility index (Phi) is 4.83. The summed E-state index contributed by atoms with van der Waals surface area (Å²) in [6.07, 6.45) is -2.90. The Hall–Kier alpha value is -3.02. The second-order valence-corrected chi connectivity index (χ2v) is 7.66. The highest BCUT2D eigenvalue weighted by Gasteiger charge is 2.37. The first-order chi connectivity index (χ1) is 13.0. The van der Waals surface area contributed by atoms with Crippen LogP contribution in [0.3, 0.4) is 0 Å². The Morgan fingerprint density at radius 3 is 2.36 bits per heavy atom. The summed E-state index contributed by atoms with van der Waals surface area (Å²) in [6.45, 7) is 0. The van der Waals surface area contributed by atoms with E-state index in [1.807, 2.05) is 0 Å². The average molecular weight is 416 g/mol. The molecule has 2 heterocycles. The van der Waals surface area contributed by atoms with E-state index in [9.17, 15) is 26.0 Å². The van der Waals surface area contributed by atoms with Crippen molar-refractivity contribution in [3.05, 3.63) is 48.2 Å². The molecule has 0 N–H and O–H groups in total. The molecule has 0 saturated heterocycles. The number of alkyl halides is 3. The molecule has 28 heavy (non-hydrogen) atoms. The number of hydrogen-bond acceptors (Lipinski definition) is 6.